The van der Waals surface area contributed by atoms with Crippen LogP contribution in [0, 0.1) is 0 Å². The zero-order chi connectivity index (χ0) is 17.2. The minimum Gasteiger partial charge on any atom is -0.387 e. The van der Waals surface area contributed by atoms with Crippen molar-refractivity contribution in [3.8, 4) is 11.3 Å². The van der Waals surface area contributed by atoms with Crippen molar-refractivity contribution in [2.24, 2.45) is 0 Å². The second-order valence-corrected chi connectivity index (χ2v) is 5.99. The van der Waals surface area contributed by atoms with Gasteiger partial charge in [0.25, 0.3) is 11.8 Å². The standard InChI is InChI=1S/C17H16N4O4/c22-9-15-19-16(21-25-15)11-6-12(7-11)18-17(23)13-8-14(24-20-13)10-4-2-1-3-5-10/h1-5,8,11-12,22H,6-7,9H2,(H,18,23)/t11-,12-. The van der Waals surface area contributed by atoms with Crippen LogP contribution in [-0.2, 0) is 6.61 Å². The molecule has 0 bridgehead atoms. The molecule has 1 amide bonds. The van der Waals surface area contributed by atoms with Crippen LogP contribution in [0.25, 0.3) is 11.3 Å². The van der Waals surface area contributed by atoms with E-state index in [1.807, 2.05) is 30.3 Å². The van der Waals surface area contributed by atoms with Crippen LogP contribution in [0.4, 0.5) is 0 Å². The Bertz CT molecular complexity index is 868. The number of rotatable bonds is 5. The van der Waals surface area contributed by atoms with Crippen LogP contribution in [0.2, 0.25) is 0 Å². The Morgan fingerprint density at radius 3 is 2.72 bits per heavy atom. The van der Waals surface area contributed by atoms with Gasteiger partial charge in [-0.1, -0.05) is 40.6 Å². The molecule has 0 unspecified atom stereocenters. The molecule has 1 aliphatic rings. The predicted molar refractivity (Wildman–Crippen MR) is 85.4 cm³/mol. The minimum absolute atomic E-state index is 0.0328. The van der Waals surface area contributed by atoms with Crippen molar-refractivity contribution < 1.29 is 18.9 Å². The Hall–Kier alpha value is -3.00. The summed E-state index contributed by atoms with van der Waals surface area (Å²) in [5.74, 6) is 1.20. The summed E-state index contributed by atoms with van der Waals surface area (Å²) in [6.45, 7) is -0.268. The third-order valence-corrected chi connectivity index (χ3v) is 4.26. The number of amides is 1. The molecule has 0 aliphatic heterocycles. The van der Waals surface area contributed by atoms with E-state index in [0.29, 0.717) is 11.6 Å². The van der Waals surface area contributed by atoms with Crippen molar-refractivity contribution in [3.63, 3.8) is 0 Å². The van der Waals surface area contributed by atoms with E-state index in [4.69, 9.17) is 14.2 Å². The summed E-state index contributed by atoms with van der Waals surface area (Å²) >= 11 is 0. The van der Waals surface area contributed by atoms with Crippen LogP contribution in [0.1, 0.15) is 41.0 Å². The van der Waals surface area contributed by atoms with Gasteiger partial charge < -0.3 is 19.5 Å². The molecule has 8 nitrogen and oxygen atoms in total. The third-order valence-electron chi connectivity index (χ3n) is 4.26. The molecule has 25 heavy (non-hydrogen) atoms. The van der Waals surface area contributed by atoms with Crippen LogP contribution in [0.5, 0.6) is 0 Å². The lowest BCUT2D eigenvalue weighted by Gasteiger charge is -2.33. The number of nitrogens with zero attached hydrogens (tertiary/aromatic N) is 3. The van der Waals surface area contributed by atoms with E-state index >= 15 is 0 Å². The molecule has 8 heteroatoms. The highest BCUT2D eigenvalue weighted by Crippen LogP contribution is 2.35. The molecule has 128 valence electrons. The first kappa shape index (κ1) is 15.5. The number of aliphatic hydroxyl groups is 1. The lowest BCUT2D eigenvalue weighted by Crippen LogP contribution is -2.43. The summed E-state index contributed by atoms with van der Waals surface area (Å²) in [7, 11) is 0. The van der Waals surface area contributed by atoms with E-state index in [-0.39, 0.29) is 36.1 Å². The van der Waals surface area contributed by atoms with Gasteiger partial charge in [0.05, 0.1) is 0 Å². The molecule has 1 fully saturated rings. The fraction of sp³-hybridized carbons (Fsp3) is 0.294. The van der Waals surface area contributed by atoms with Gasteiger partial charge in [0.1, 0.15) is 6.61 Å². The predicted octanol–water partition coefficient (Wildman–Crippen LogP) is 1.89. The number of carbonyl (C=O) groups excluding carboxylic acids is 1. The van der Waals surface area contributed by atoms with Crippen LogP contribution < -0.4 is 5.32 Å². The number of nitrogens with one attached hydrogen (secondary N) is 1. The van der Waals surface area contributed by atoms with Gasteiger partial charge in [-0.25, -0.2) is 0 Å². The molecular formula is C17H16N4O4. The monoisotopic (exact) mass is 340 g/mol. The zero-order valence-electron chi connectivity index (χ0n) is 13.3. The van der Waals surface area contributed by atoms with E-state index in [1.165, 1.54) is 0 Å². The first-order chi connectivity index (χ1) is 12.2. The third kappa shape index (κ3) is 3.16. The normalized spacial score (nSPS) is 19.4. The average Bonchev–Trinajstić information content (AvgIpc) is 3.27. The second kappa shape index (κ2) is 6.48. The highest BCUT2D eigenvalue weighted by atomic mass is 16.5. The molecule has 2 N–H and O–H groups in total. The maximum Gasteiger partial charge on any atom is 0.273 e. The highest BCUT2D eigenvalue weighted by Gasteiger charge is 2.35. The quantitative estimate of drug-likeness (QED) is 0.729. The maximum absolute atomic E-state index is 12.3. The number of aliphatic hydroxyl groups excluding tert-OH is 1. The molecule has 3 aromatic rings. The summed E-state index contributed by atoms with van der Waals surface area (Å²) in [6.07, 6.45) is 1.44. The molecule has 0 atom stereocenters. The van der Waals surface area contributed by atoms with Crippen LogP contribution >= 0.6 is 0 Å². The Kier molecular flexibility index (Phi) is 4.02. The smallest absolute Gasteiger partial charge is 0.273 e. The molecule has 0 saturated heterocycles. The molecule has 2 aromatic heterocycles. The zero-order valence-corrected chi connectivity index (χ0v) is 13.3. The molecule has 0 radical (unpaired) electrons. The van der Waals surface area contributed by atoms with Gasteiger partial charge >= 0.3 is 0 Å². The lowest BCUT2D eigenvalue weighted by atomic mass is 9.79. The van der Waals surface area contributed by atoms with Crippen molar-refractivity contribution in [3.05, 3.63) is 53.8 Å². The first-order valence-electron chi connectivity index (χ1n) is 7.99. The number of hydrogen-bond donors (Lipinski definition) is 2. The van der Waals surface area contributed by atoms with Crippen molar-refractivity contribution >= 4 is 5.91 Å². The molecule has 1 aliphatic carbocycles. The van der Waals surface area contributed by atoms with Gasteiger partial charge in [-0.3, -0.25) is 4.79 Å². The minimum atomic E-state index is -0.268. The molecule has 1 saturated carbocycles. The van der Waals surface area contributed by atoms with Crippen LogP contribution in [0.3, 0.4) is 0 Å². The van der Waals surface area contributed by atoms with Gasteiger partial charge in [-0.15, -0.1) is 0 Å². The second-order valence-electron chi connectivity index (χ2n) is 5.99. The van der Waals surface area contributed by atoms with E-state index in [0.717, 1.165) is 18.4 Å². The molecule has 0 spiro atoms. The maximum atomic E-state index is 12.3. The van der Waals surface area contributed by atoms with E-state index in [1.54, 1.807) is 6.07 Å². The SMILES string of the molecule is O=C(N[C@H]1C[C@H](c2noc(CO)n2)C1)c1cc(-c2ccccc2)on1. The average molecular weight is 340 g/mol. The van der Waals surface area contributed by atoms with Gasteiger partial charge in [-0.2, -0.15) is 4.98 Å². The van der Waals surface area contributed by atoms with Gasteiger partial charge in [0, 0.05) is 23.6 Å². The van der Waals surface area contributed by atoms with Crippen LogP contribution in [-0.4, -0.2) is 32.4 Å². The molecule has 4 rings (SSSR count). The fourth-order valence-corrected chi connectivity index (χ4v) is 2.82. The van der Waals surface area contributed by atoms with E-state index in [2.05, 4.69) is 20.6 Å². The summed E-state index contributed by atoms with van der Waals surface area (Å²) in [4.78, 5) is 16.4. The highest BCUT2D eigenvalue weighted by molar-refractivity contribution is 5.93. The topological polar surface area (TPSA) is 114 Å². The Balaban J connectivity index is 1.34. The summed E-state index contributed by atoms with van der Waals surface area (Å²) < 4.78 is 10.1. The molecule has 1 aromatic carbocycles. The Labute approximate surface area is 142 Å². The summed E-state index contributed by atoms with van der Waals surface area (Å²) in [5.41, 5.74) is 1.12. The fourth-order valence-electron chi connectivity index (χ4n) is 2.82. The molecular weight excluding hydrogens is 324 g/mol. The Morgan fingerprint density at radius 1 is 1.20 bits per heavy atom. The van der Waals surface area contributed by atoms with Gasteiger partial charge in [0.15, 0.2) is 17.3 Å². The largest absolute Gasteiger partial charge is 0.387 e. The van der Waals surface area contributed by atoms with Crippen LogP contribution in [0.15, 0.2) is 45.4 Å². The van der Waals surface area contributed by atoms with Crippen molar-refractivity contribution in [2.75, 3.05) is 0 Å². The number of benzene rings is 1. The van der Waals surface area contributed by atoms with E-state index < -0.39 is 0 Å². The van der Waals surface area contributed by atoms with Crippen molar-refractivity contribution in [1.29, 1.82) is 0 Å². The van der Waals surface area contributed by atoms with E-state index in [9.17, 15) is 4.79 Å². The Morgan fingerprint density at radius 2 is 2.00 bits per heavy atom. The van der Waals surface area contributed by atoms with Crippen molar-refractivity contribution in [1.82, 2.24) is 20.6 Å². The first-order valence-corrected chi connectivity index (χ1v) is 7.99. The number of carbonyl (C=O) groups is 1. The number of aromatic nitrogens is 3. The van der Waals surface area contributed by atoms with Crippen molar-refractivity contribution in [2.45, 2.75) is 31.4 Å². The summed E-state index contributed by atoms with van der Waals surface area (Å²) in [5, 5.41) is 19.5. The van der Waals surface area contributed by atoms with Gasteiger partial charge in [0.2, 0.25) is 0 Å². The van der Waals surface area contributed by atoms with Gasteiger partial charge in [-0.05, 0) is 12.8 Å². The lowest BCUT2D eigenvalue weighted by molar-refractivity contribution is 0.0898. The summed E-state index contributed by atoms with van der Waals surface area (Å²) in [6, 6.07) is 11.2. The number of hydrogen-bond acceptors (Lipinski definition) is 7. The molecule has 2 heterocycles.